The minimum atomic E-state index is -4.11. The molecule has 0 radical (unpaired) electrons. The molecule has 19 heavy (non-hydrogen) atoms. The minimum Gasteiger partial charge on any atom is -0.278 e. The van der Waals surface area contributed by atoms with Crippen molar-refractivity contribution >= 4 is 15.7 Å². The molecule has 0 unspecified atom stereocenters. The van der Waals surface area contributed by atoms with Crippen LogP contribution < -0.4 is 4.72 Å². The van der Waals surface area contributed by atoms with E-state index in [1.807, 2.05) is 6.07 Å². The van der Waals surface area contributed by atoms with Crippen molar-refractivity contribution in [1.29, 1.82) is 5.26 Å². The monoisotopic (exact) mass is 277 g/mol. The van der Waals surface area contributed by atoms with Crippen molar-refractivity contribution in [3.8, 4) is 6.07 Å². The van der Waals surface area contributed by atoms with Crippen LogP contribution in [0.4, 0.5) is 10.1 Å². The lowest BCUT2D eigenvalue weighted by Gasteiger charge is -2.07. The Morgan fingerprint density at radius 2 is 2.05 bits per heavy atom. The number of nitriles is 1. The van der Waals surface area contributed by atoms with Crippen LogP contribution in [0.2, 0.25) is 0 Å². The fourth-order valence-electron chi connectivity index (χ4n) is 1.42. The first-order chi connectivity index (χ1) is 9.03. The molecule has 0 bridgehead atoms. The lowest BCUT2D eigenvalue weighted by Crippen LogP contribution is -2.16. The van der Waals surface area contributed by atoms with E-state index < -0.39 is 20.9 Å². The van der Waals surface area contributed by atoms with Crippen molar-refractivity contribution in [2.45, 2.75) is 5.03 Å². The molecule has 2 aromatic rings. The van der Waals surface area contributed by atoms with Crippen molar-refractivity contribution < 1.29 is 12.8 Å². The van der Waals surface area contributed by atoms with Crippen molar-refractivity contribution in [3.63, 3.8) is 0 Å². The molecule has 0 spiro atoms. The molecule has 7 heteroatoms. The molecule has 2 rings (SSSR count). The number of halogens is 1. The number of nitrogens with one attached hydrogen (secondary N) is 1. The van der Waals surface area contributed by atoms with E-state index in [4.69, 9.17) is 5.26 Å². The summed E-state index contributed by atoms with van der Waals surface area (Å²) in [4.78, 5) is 3.50. The fourth-order valence-corrected chi connectivity index (χ4v) is 2.48. The van der Waals surface area contributed by atoms with Gasteiger partial charge < -0.3 is 0 Å². The molecule has 0 aliphatic carbocycles. The summed E-state index contributed by atoms with van der Waals surface area (Å²) in [5.41, 5.74) is 0.464. The van der Waals surface area contributed by atoms with Gasteiger partial charge in [-0.1, -0.05) is 6.07 Å². The molecule has 0 aliphatic heterocycles. The van der Waals surface area contributed by atoms with E-state index in [1.165, 1.54) is 36.5 Å². The maximum atomic E-state index is 13.4. The van der Waals surface area contributed by atoms with Gasteiger partial charge in [-0.05, 0) is 30.3 Å². The molecule has 1 N–H and O–H groups in total. The molecular formula is C12H8FN3O2S. The predicted molar refractivity (Wildman–Crippen MR) is 66.2 cm³/mol. The highest BCUT2D eigenvalue weighted by Gasteiger charge is 2.20. The lowest BCUT2D eigenvalue weighted by atomic mass is 10.2. The molecular weight excluding hydrogens is 269 g/mol. The average molecular weight is 277 g/mol. The van der Waals surface area contributed by atoms with Gasteiger partial charge in [0.1, 0.15) is 0 Å². The van der Waals surface area contributed by atoms with Crippen LogP contribution in [0.25, 0.3) is 0 Å². The molecule has 1 heterocycles. The van der Waals surface area contributed by atoms with Crippen molar-refractivity contribution in [3.05, 3.63) is 54.0 Å². The van der Waals surface area contributed by atoms with Gasteiger partial charge in [-0.3, -0.25) is 4.72 Å². The number of hydrogen-bond donors (Lipinski definition) is 1. The van der Waals surface area contributed by atoms with Gasteiger partial charge in [0.05, 0.1) is 17.3 Å². The van der Waals surface area contributed by atoms with Crippen LogP contribution in [0.5, 0.6) is 0 Å². The highest BCUT2D eigenvalue weighted by molar-refractivity contribution is 7.92. The third kappa shape index (κ3) is 2.86. The Balaban J connectivity index is 2.37. The third-order valence-corrected chi connectivity index (χ3v) is 3.54. The Labute approximate surface area is 109 Å². The summed E-state index contributed by atoms with van der Waals surface area (Å²) >= 11 is 0. The maximum absolute atomic E-state index is 13.4. The summed E-state index contributed by atoms with van der Waals surface area (Å²) in [5, 5.41) is 8.04. The Bertz CT molecular complexity index is 754. The molecule has 0 atom stereocenters. The van der Waals surface area contributed by atoms with Crippen LogP contribution in [0, 0.1) is 17.1 Å². The van der Waals surface area contributed by atoms with Gasteiger partial charge in [-0.15, -0.1) is 0 Å². The predicted octanol–water partition coefficient (Wildman–Crippen LogP) is 1.89. The number of rotatable bonds is 3. The van der Waals surface area contributed by atoms with Crippen LogP contribution in [-0.2, 0) is 10.0 Å². The van der Waals surface area contributed by atoms with E-state index in [0.29, 0.717) is 5.56 Å². The largest absolute Gasteiger partial charge is 0.282 e. The molecule has 96 valence electrons. The van der Waals surface area contributed by atoms with Crippen LogP contribution >= 0.6 is 0 Å². The quantitative estimate of drug-likeness (QED) is 0.928. The van der Waals surface area contributed by atoms with Crippen LogP contribution in [0.3, 0.4) is 0 Å². The first-order valence-corrected chi connectivity index (χ1v) is 6.65. The molecule has 0 aliphatic rings. The number of benzene rings is 1. The Morgan fingerprint density at radius 3 is 2.74 bits per heavy atom. The summed E-state index contributed by atoms with van der Waals surface area (Å²) in [6, 6.07) is 10.0. The van der Waals surface area contributed by atoms with E-state index in [1.54, 1.807) is 0 Å². The number of hydrogen-bond acceptors (Lipinski definition) is 4. The highest BCUT2D eigenvalue weighted by Crippen LogP contribution is 2.17. The van der Waals surface area contributed by atoms with E-state index in [9.17, 15) is 12.8 Å². The smallest absolute Gasteiger partial charge is 0.278 e. The molecule has 0 saturated carbocycles. The number of anilines is 1. The topological polar surface area (TPSA) is 82.9 Å². The van der Waals surface area contributed by atoms with Gasteiger partial charge in [0.15, 0.2) is 5.82 Å². The summed E-state index contributed by atoms with van der Waals surface area (Å²) < 4.78 is 39.4. The fraction of sp³-hybridized carbons (Fsp3) is 0. The van der Waals surface area contributed by atoms with Gasteiger partial charge in [-0.2, -0.15) is 13.7 Å². The molecule has 0 fully saturated rings. The second-order valence-corrected chi connectivity index (χ2v) is 5.19. The average Bonchev–Trinajstić information content (AvgIpc) is 2.38. The Hall–Kier alpha value is -2.46. The van der Waals surface area contributed by atoms with Gasteiger partial charge in [-0.25, -0.2) is 9.37 Å². The minimum absolute atomic E-state index is 0.170. The maximum Gasteiger partial charge on any atom is 0.282 e. The van der Waals surface area contributed by atoms with Gasteiger partial charge in [0.25, 0.3) is 10.0 Å². The summed E-state index contributed by atoms with van der Waals surface area (Å²) in [5.74, 6) is -0.938. The van der Waals surface area contributed by atoms with Crippen LogP contribution in [0.1, 0.15) is 5.56 Å². The molecule has 0 saturated heterocycles. The second-order valence-electron chi connectivity index (χ2n) is 3.59. The van der Waals surface area contributed by atoms with E-state index >= 15 is 0 Å². The number of nitrogens with zero attached hydrogens (tertiary/aromatic N) is 2. The van der Waals surface area contributed by atoms with Gasteiger partial charge in [0.2, 0.25) is 5.03 Å². The van der Waals surface area contributed by atoms with Crippen LogP contribution in [-0.4, -0.2) is 13.4 Å². The molecule has 5 nitrogen and oxygen atoms in total. The van der Waals surface area contributed by atoms with Gasteiger partial charge >= 0.3 is 0 Å². The Morgan fingerprint density at radius 1 is 1.26 bits per heavy atom. The van der Waals surface area contributed by atoms with Crippen LogP contribution in [0.15, 0.2) is 47.6 Å². The molecule has 1 aromatic carbocycles. The zero-order valence-electron chi connectivity index (χ0n) is 9.54. The summed E-state index contributed by atoms with van der Waals surface area (Å²) in [7, 11) is -4.11. The first-order valence-electron chi connectivity index (χ1n) is 5.16. The standard InChI is InChI=1S/C12H8FN3O2S/c13-11-5-2-6-15-12(11)19(17,18)16-10-4-1-3-9(7-10)8-14/h1-7,16H. The van der Waals surface area contributed by atoms with Crippen molar-refractivity contribution in [2.24, 2.45) is 0 Å². The number of sulfonamides is 1. The highest BCUT2D eigenvalue weighted by atomic mass is 32.2. The zero-order valence-corrected chi connectivity index (χ0v) is 10.4. The van der Waals surface area contributed by atoms with Crippen molar-refractivity contribution in [2.75, 3.05) is 4.72 Å². The van der Waals surface area contributed by atoms with E-state index in [2.05, 4.69) is 9.71 Å². The number of aromatic nitrogens is 1. The van der Waals surface area contributed by atoms with E-state index in [0.717, 1.165) is 6.07 Å². The second kappa shape index (κ2) is 5.04. The Kier molecular flexibility index (Phi) is 3.44. The summed E-state index contributed by atoms with van der Waals surface area (Å²) in [6.45, 7) is 0. The zero-order chi connectivity index (χ0) is 13.9. The lowest BCUT2D eigenvalue weighted by molar-refractivity contribution is 0.557. The molecule has 1 aromatic heterocycles. The number of pyridine rings is 1. The SMILES string of the molecule is N#Cc1cccc(NS(=O)(=O)c2ncccc2F)c1. The normalized spacial score (nSPS) is 10.7. The van der Waals surface area contributed by atoms with Crippen molar-refractivity contribution in [1.82, 2.24) is 4.98 Å². The van der Waals surface area contributed by atoms with E-state index in [-0.39, 0.29) is 5.69 Å². The van der Waals surface area contributed by atoms with Gasteiger partial charge in [0, 0.05) is 6.20 Å². The summed E-state index contributed by atoms with van der Waals surface area (Å²) in [6.07, 6.45) is 1.18. The third-order valence-electron chi connectivity index (χ3n) is 2.22. The molecule has 0 amide bonds. The first kappa shape index (κ1) is 13.0.